The number of sulfonamides is 1. The lowest BCUT2D eigenvalue weighted by Gasteiger charge is -2.09. The van der Waals surface area contributed by atoms with E-state index in [0.717, 1.165) is 4.88 Å². The third-order valence-corrected chi connectivity index (χ3v) is 5.62. The second-order valence-corrected chi connectivity index (χ2v) is 8.25. The van der Waals surface area contributed by atoms with Crippen molar-refractivity contribution in [3.05, 3.63) is 52.2 Å². The normalized spacial score (nSPS) is 12.2. The number of hydrogen-bond donors (Lipinski definition) is 3. The molecular weight excluding hydrogens is 382 g/mol. The van der Waals surface area contributed by atoms with E-state index in [-0.39, 0.29) is 35.8 Å². The molecule has 1 aromatic heterocycles. The molecule has 0 bridgehead atoms. The second-order valence-electron chi connectivity index (χ2n) is 5.45. The first-order valence-corrected chi connectivity index (χ1v) is 9.90. The SMILES string of the molecule is CC(N)CCNC(=O)c1ccc(S(=O)(=O)NCc2cccs2)cc1.Cl. The molecule has 6 nitrogen and oxygen atoms in total. The van der Waals surface area contributed by atoms with Gasteiger partial charge in [-0.3, -0.25) is 4.79 Å². The Bertz CT molecular complexity index is 760. The Labute approximate surface area is 158 Å². The van der Waals surface area contributed by atoms with Crippen LogP contribution in [-0.2, 0) is 16.6 Å². The lowest BCUT2D eigenvalue weighted by Crippen LogP contribution is -2.29. The molecule has 0 radical (unpaired) electrons. The first kappa shape index (κ1) is 21.6. The fourth-order valence-electron chi connectivity index (χ4n) is 1.96. The number of halogens is 1. The molecule has 0 saturated heterocycles. The number of carbonyl (C=O) groups excluding carboxylic acids is 1. The molecule has 1 atom stereocenters. The highest BCUT2D eigenvalue weighted by Crippen LogP contribution is 2.13. The Hall–Kier alpha value is -1.45. The molecule has 1 unspecified atom stereocenters. The predicted octanol–water partition coefficient (Wildman–Crippen LogP) is 2.12. The Kier molecular flexibility index (Phi) is 8.54. The average Bonchev–Trinajstić information content (AvgIpc) is 3.06. The fraction of sp³-hybridized carbons (Fsp3) is 0.312. The first-order chi connectivity index (χ1) is 11.4. The maximum Gasteiger partial charge on any atom is 0.251 e. The van der Waals surface area contributed by atoms with Gasteiger partial charge >= 0.3 is 0 Å². The molecule has 0 aliphatic rings. The Morgan fingerprint density at radius 3 is 2.48 bits per heavy atom. The molecule has 1 amide bonds. The van der Waals surface area contributed by atoms with Crippen molar-refractivity contribution in [3.8, 4) is 0 Å². The van der Waals surface area contributed by atoms with E-state index in [1.165, 1.54) is 35.6 Å². The standard InChI is InChI=1S/C16H21N3O3S2.ClH/c1-12(17)8-9-18-16(20)13-4-6-15(7-5-13)24(21,22)19-11-14-3-2-10-23-14;/h2-7,10,12,19H,8-9,11,17H2,1H3,(H,18,20);1H. The van der Waals surface area contributed by atoms with E-state index >= 15 is 0 Å². The van der Waals surface area contributed by atoms with E-state index in [1.54, 1.807) is 0 Å². The van der Waals surface area contributed by atoms with Crippen molar-refractivity contribution < 1.29 is 13.2 Å². The third kappa shape index (κ3) is 6.75. The van der Waals surface area contributed by atoms with Crippen LogP contribution in [0.4, 0.5) is 0 Å². The van der Waals surface area contributed by atoms with Gasteiger partial charge in [0, 0.05) is 29.6 Å². The van der Waals surface area contributed by atoms with Gasteiger partial charge in [0.25, 0.3) is 5.91 Å². The summed E-state index contributed by atoms with van der Waals surface area (Å²) in [5.74, 6) is -0.244. The molecule has 4 N–H and O–H groups in total. The van der Waals surface area contributed by atoms with Crippen molar-refractivity contribution in [1.29, 1.82) is 0 Å². The monoisotopic (exact) mass is 403 g/mol. The molecule has 2 aromatic rings. The van der Waals surface area contributed by atoms with Crippen LogP contribution in [0.1, 0.15) is 28.6 Å². The minimum Gasteiger partial charge on any atom is -0.352 e. The van der Waals surface area contributed by atoms with Crippen molar-refractivity contribution >= 4 is 39.7 Å². The van der Waals surface area contributed by atoms with Gasteiger partial charge in [-0.15, -0.1) is 23.7 Å². The summed E-state index contributed by atoms with van der Waals surface area (Å²) in [4.78, 5) is 13.0. The number of nitrogens with two attached hydrogens (primary N) is 1. The van der Waals surface area contributed by atoms with Crippen LogP contribution in [0.25, 0.3) is 0 Å². The quantitative estimate of drug-likeness (QED) is 0.628. The molecule has 0 spiro atoms. The highest BCUT2D eigenvalue weighted by molar-refractivity contribution is 7.89. The van der Waals surface area contributed by atoms with Gasteiger partial charge in [0.2, 0.25) is 10.0 Å². The van der Waals surface area contributed by atoms with E-state index in [2.05, 4.69) is 10.0 Å². The van der Waals surface area contributed by atoms with E-state index in [9.17, 15) is 13.2 Å². The summed E-state index contributed by atoms with van der Waals surface area (Å²) in [7, 11) is -3.60. The van der Waals surface area contributed by atoms with Crippen molar-refractivity contribution in [1.82, 2.24) is 10.0 Å². The van der Waals surface area contributed by atoms with Crippen LogP contribution in [0, 0.1) is 0 Å². The molecule has 1 aromatic carbocycles. The summed E-state index contributed by atoms with van der Waals surface area (Å²) >= 11 is 1.49. The number of nitrogens with one attached hydrogen (secondary N) is 2. The average molecular weight is 404 g/mol. The minimum atomic E-state index is -3.60. The van der Waals surface area contributed by atoms with Gasteiger partial charge < -0.3 is 11.1 Å². The van der Waals surface area contributed by atoms with Crippen LogP contribution in [0.3, 0.4) is 0 Å². The van der Waals surface area contributed by atoms with Crippen molar-refractivity contribution in [2.24, 2.45) is 5.73 Å². The van der Waals surface area contributed by atoms with Crippen LogP contribution >= 0.6 is 23.7 Å². The lowest BCUT2D eigenvalue weighted by molar-refractivity contribution is 0.0952. The van der Waals surface area contributed by atoms with Gasteiger partial charge in [-0.05, 0) is 49.1 Å². The van der Waals surface area contributed by atoms with Gasteiger partial charge in [-0.1, -0.05) is 6.07 Å². The molecule has 138 valence electrons. The van der Waals surface area contributed by atoms with Crippen LogP contribution in [-0.4, -0.2) is 26.9 Å². The number of amides is 1. The van der Waals surface area contributed by atoms with Crippen molar-refractivity contribution in [2.45, 2.75) is 30.8 Å². The van der Waals surface area contributed by atoms with Gasteiger partial charge in [-0.2, -0.15) is 0 Å². The zero-order valence-corrected chi connectivity index (χ0v) is 16.2. The van der Waals surface area contributed by atoms with Gasteiger partial charge in [0.05, 0.1) is 4.90 Å². The van der Waals surface area contributed by atoms with Crippen LogP contribution in [0.5, 0.6) is 0 Å². The topological polar surface area (TPSA) is 101 Å². The van der Waals surface area contributed by atoms with Crippen LogP contribution < -0.4 is 15.8 Å². The van der Waals surface area contributed by atoms with Crippen LogP contribution in [0.15, 0.2) is 46.7 Å². The molecule has 2 rings (SSSR count). The van der Waals surface area contributed by atoms with Crippen molar-refractivity contribution in [3.63, 3.8) is 0 Å². The number of thiophene rings is 1. The molecule has 0 fully saturated rings. The highest BCUT2D eigenvalue weighted by atomic mass is 35.5. The molecule has 25 heavy (non-hydrogen) atoms. The lowest BCUT2D eigenvalue weighted by atomic mass is 10.2. The fourth-order valence-corrected chi connectivity index (χ4v) is 3.71. The summed E-state index contributed by atoms with van der Waals surface area (Å²) in [5, 5.41) is 4.64. The second kappa shape index (κ2) is 9.88. The van der Waals surface area contributed by atoms with E-state index in [1.807, 2.05) is 24.4 Å². The number of carbonyl (C=O) groups is 1. The maximum atomic E-state index is 12.2. The van der Waals surface area contributed by atoms with Crippen molar-refractivity contribution in [2.75, 3.05) is 6.54 Å². The summed E-state index contributed by atoms with van der Waals surface area (Å²) in [6, 6.07) is 9.61. The Morgan fingerprint density at radius 1 is 1.24 bits per heavy atom. The number of rotatable bonds is 8. The molecule has 0 aliphatic heterocycles. The summed E-state index contributed by atoms with van der Waals surface area (Å²) in [5.41, 5.74) is 6.04. The number of hydrogen-bond acceptors (Lipinski definition) is 5. The zero-order valence-electron chi connectivity index (χ0n) is 13.8. The summed E-state index contributed by atoms with van der Waals surface area (Å²) in [6.45, 7) is 2.60. The molecule has 9 heteroatoms. The van der Waals surface area contributed by atoms with Gasteiger partial charge in [0.1, 0.15) is 0 Å². The van der Waals surface area contributed by atoms with Gasteiger partial charge in [-0.25, -0.2) is 13.1 Å². The van der Waals surface area contributed by atoms with Crippen LogP contribution in [0.2, 0.25) is 0 Å². The first-order valence-electron chi connectivity index (χ1n) is 7.54. The van der Waals surface area contributed by atoms with E-state index in [4.69, 9.17) is 5.73 Å². The molecule has 0 aliphatic carbocycles. The molecule has 0 saturated carbocycles. The maximum absolute atomic E-state index is 12.2. The molecule has 1 heterocycles. The molecular formula is C16H22ClN3O3S2. The van der Waals surface area contributed by atoms with Gasteiger partial charge in [0.15, 0.2) is 0 Å². The highest BCUT2D eigenvalue weighted by Gasteiger charge is 2.15. The Morgan fingerprint density at radius 2 is 1.92 bits per heavy atom. The number of benzene rings is 1. The Balaban J connectivity index is 0.00000312. The minimum absolute atomic E-state index is 0. The summed E-state index contributed by atoms with van der Waals surface area (Å²) in [6.07, 6.45) is 0.685. The summed E-state index contributed by atoms with van der Waals surface area (Å²) < 4.78 is 27.0. The predicted molar refractivity (Wildman–Crippen MR) is 103 cm³/mol. The van der Waals surface area contributed by atoms with E-state index in [0.29, 0.717) is 18.5 Å². The largest absolute Gasteiger partial charge is 0.352 e. The third-order valence-electron chi connectivity index (χ3n) is 3.33. The van der Waals surface area contributed by atoms with E-state index < -0.39 is 10.0 Å². The smallest absolute Gasteiger partial charge is 0.251 e. The zero-order chi connectivity index (χ0) is 17.6.